The van der Waals surface area contributed by atoms with E-state index in [2.05, 4.69) is 25.2 Å². The van der Waals surface area contributed by atoms with Gasteiger partial charge in [0.15, 0.2) is 5.82 Å². The average Bonchev–Trinajstić information content (AvgIpc) is 3.67. The second-order valence-electron chi connectivity index (χ2n) is 9.54. The molecule has 3 aromatic heterocycles. The first-order chi connectivity index (χ1) is 19.4. The van der Waals surface area contributed by atoms with E-state index in [1.165, 1.54) is 5.56 Å². The van der Waals surface area contributed by atoms with Gasteiger partial charge in [0.1, 0.15) is 0 Å². The topological polar surface area (TPSA) is 110 Å². The normalized spacial score (nSPS) is 11.6. The number of H-pyrrole nitrogens is 1. The van der Waals surface area contributed by atoms with Crippen molar-refractivity contribution >= 4 is 61.6 Å². The summed E-state index contributed by atoms with van der Waals surface area (Å²) in [7, 11) is 0. The van der Waals surface area contributed by atoms with E-state index in [1.54, 1.807) is 23.5 Å². The van der Waals surface area contributed by atoms with E-state index in [1.807, 2.05) is 48.5 Å². The molecule has 0 aliphatic carbocycles. The van der Waals surface area contributed by atoms with Crippen molar-refractivity contribution in [2.24, 2.45) is 0 Å². The zero-order valence-corrected chi connectivity index (χ0v) is 23.6. The van der Waals surface area contributed by atoms with Crippen LogP contribution >= 0.6 is 34.5 Å². The molecular weight excluding hydrogens is 567 g/mol. The molecule has 8 nitrogen and oxygen atoms in total. The van der Waals surface area contributed by atoms with E-state index in [4.69, 9.17) is 28.2 Å². The van der Waals surface area contributed by atoms with E-state index in [0.717, 1.165) is 63.1 Å². The van der Waals surface area contributed by atoms with E-state index < -0.39 is 5.97 Å². The van der Waals surface area contributed by atoms with Gasteiger partial charge in [-0.05, 0) is 78.9 Å². The number of hydrogen-bond acceptors (Lipinski definition) is 6. The predicted octanol–water partition coefficient (Wildman–Crippen LogP) is 6.58. The number of halogens is 2. The molecule has 0 aliphatic heterocycles. The number of aromatic carboxylic acids is 1. The van der Waals surface area contributed by atoms with Crippen LogP contribution in [-0.4, -0.2) is 41.3 Å². The zero-order chi connectivity index (χ0) is 27.6. The molecule has 202 valence electrons. The summed E-state index contributed by atoms with van der Waals surface area (Å²) in [5.41, 5.74) is 5.63. The Bertz CT molecular complexity index is 1810. The van der Waals surface area contributed by atoms with Crippen LogP contribution in [0.4, 0.5) is 0 Å². The van der Waals surface area contributed by atoms with Crippen molar-refractivity contribution < 1.29 is 9.90 Å². The number of tetrazole rings is 1. The van der Waals surface area contributed by atoms with Crippen LogP contribution in [0.5, 0.6) is 0 Å². The number of benzene rings is 3. The second-order valence-corrected chi connectivity index (χ2v) is 11.5. The molecule has 6 aromatic rings. The summed E-state index contributed by atoms with van der Waals surface area (Å²) in [4.78, 5) is 16.7. The molecule has 0 saturated carbocycles. The number of aryl methyl sites for hydroxylation is 5. The molecule has 40 heavy (non-hydrogen) atoms. The van der Waals surface area contributed by atoms with Gasteiger partial charge in [0.25, 0.3) is 0 Å². The van der Waals surface area contributed by atoms with Crippen LogP contribution in [-0.2, 0) is 38.6 Å². The highest BCUT2D eigenvalue weighted by atomic mass is 35.5. The van der Waals surface area contributed by atoms with Crippen LogP contribution in [0, 0.1) is 0 Å². The molecule has 0 bridgehead atoms. The molecule has 0 amide bonds. The predicted molar refractivity (Wildman–Crippen MR) is 158 cm³/mol. The molecule has 0 atom stereocenters. The summed E-state index contributed by atoms with van der Waals surface area (Å²) in [6.45, 7) is 0.633. The van der Waals surface area contributed by atoms with Gasteiger partial charge in [-0.3, -0.25) is 0 Å². The van der Waals surface area contributed by atoms with Gasteiger partial charge in [-0.2, -0.15) is 5.21 Å². The molecular formula is C29H24Cl2N6O2S. The first kappa shape index (κ1) is 26.4. The maximum absolute atomic E-state index is 11.9. The zero-order valence-electron chi connectivity index (χ0n) is 21.3. The summed E-state index contributed by atoms with van der Waals surface area (Å²) in [5, 5.41) is 27.6. The first-order valence-electron chi connectivity index (χ1n) is 12.8. The molecule has 0 radical (unpaired) electrons. The maximum atomic E-state index is 11.9. The Hall–Kier alpha value is -3.79. The van der Waals surface area contributed by atoms with Gasteiger partial charge in [0.2, 0.25) is 0 Å². The number of nitrogens with one attached hydrogen (secondary N) is 1. The van der Waals surface area contributed by atoms with E-state index in [9.17, 15) is 9.90 Å². The summed E-state index contributed by atoms with van der Waals surface area (Å²) >= 11 is 14.0. The van der Waals surface area contributed by atoms with Crippen LogP contribution < -0.4 is 0 Å². The molecule has 3 aromatic carbocycles. The van der Waals surface area contributed by atoms with Crippen molar-refractivity contribution in [2.45, 2.75) is 38.6 Å². The number of hydrogen-bond donors (Lipinski definition) is 2. The summed E-state index contributed by atoms with van der Waals surface area (Å²) < 4.78 is 3.38. The number of carboxylic acids is 1. The highest BCUT2D eigenvalue weighted by Crippen LogP contribution is 2.32. The van der Waals surface area contributed by atoms with Gasteiger partial charge in [-0.25, -0.2) is 9.78 Å². The van der Waals surface area contributed by atoms with Crippen molar-refractivity contribution in [2.75, 3.05) is 0 Å². The fourth-order valence-electron chi connectivity index (χ4n) is 5.13. The lowest BCUT2D eigenvalue weighted by atomic mass is 9.99. The molecule has 2 N–H and O–H groups in total. The Labute approximate surface area is 243 Å². The lowest BCUT2D eigenvalue weighted by Gasteiger charge is -2.12. The standard InChI is InChI=1S/C29H24Cl2N6O2S/c30-19-5-1-17(2-6-19)3-8-21-22-15-18(29(38)39)4-9-25(22)37(14-13-27-33-35-36-34-27)24(21)10-12-28-32-23-16-20(31)7-11-26(23)40-28/h1-2,4-7,9,11,15-16H,3,8,10,12-14H2,(H,38,39)(H,33,34,35,36). The quantitative estimate of drug-likeness (QED) is 0.186. The average molecular weight is 592 g/mol. The number of thiazole rings is 1. The summed E-state index contributed by atoms with van der Waals surface area (Å²) in [6.07, 6.45) is 3.62. The Morgan fingerprint density at radius 1 is 0.925 bits per heavy atom. The molecule has 3 heterocycles. The number of carboxylic acid groups (broad SMARTS) is 1. The van der Waals surface area contributed by atoms with Crippen LogP contribution in [0.2, 0.25) is 10.0 Å². The van der Waals surface area contributed by atoms with Gasteiger partial charge in [0, 0.05) is 46.0 Å². The Kier molecular flexibility index (Phi) is 7.51. The van der Waals surface area contributed by atoms with Crippen LogP contribution in [0.1, 0.15) is 38.0 Å². The molecule has 0 fully saturated rings. The van der Waals surface area contributed by atoms with Gasteiger partial charge in [-0.1, -0.05) is 40.5 Å². The first-order valence-corrected chi connectivity index (χ1v) is 14.4. The number of rotatable bonds is 10. The molecule has 0 aliphatic rings. The maximum Gasteiger partial charge on any atom is 0.335 e. The Morgan fingerprint density at radius 2 is 1.75 bits per heavy atom. The minimum absolute atomic E-state index is 0.269. The Balaban J connectivity index is 1.41. The SMILES string of the molecule is O=C(O)c1ccc2c(c1)c(CCc1ccc(Cl)cc1)c(CCc1nc3cc(Cl)ccc3s1)n2CCc1nn[nH]n1. The fourth-order valence-corrected chi connectivity index (χ4v) is 6.37. The Morgan fingerprint density at radius 3 is 2.52 bits per heavy atom. The molecule has 11 heteroatoms. The minimum atomic E-state index is -0.945. The monoisotopic (exact) mass is 590 g/mol. The van der Waals surface area contributed by atoms with Crippen LogP contribution in [0.15, 0.2) is 60.7 Å². The van der Waals surface area contributed by atoms with Crippen molar-refractivity contribution in [1.29, 1.82) is 0 Å². The summed E-state index contributed by atoms with van der Waals surface area (Å²) in [6, 6.07) is 19.0. The van der Waals surface area contributed by atoms with Gasteiger partial charge in [-0.15, -0.1) is 21.5 Å². The molecule has 6 rings (SSSR count). The number of aromatic amines is 1. The van der Waals surface area contributed by atoms with E-state index in [0.29, 0.717) is 28.8 Å². The number of fused-ring (bicyclic) bond motifs is 2. The third kappa shape index (κ3) is 5.58. The molecule has 0 unspecified atom stereocenters. The molecule has 0 saturated heterocycles. The largest absolute Gasteiger partial charge is 0.478 e. The van der Waals surface area contributed by atoms with Gasteiger partial charge in [0.05, 0.1) is 20.8 Å². The third-order valence-electron chi connectivity index (χ3n) is 7.03. The number of carbonyl (C=O) groups is 1. The highest BCUT2D eigenvalue weighted by molar-refractivity contribution is 7.18. The lowest BCUT2D eigenvalue weighted by molar-refractivity contribution is 0.0697. The fraction of sp³-hybridized carbons (Fsp3) is 0.207. The van der Waals surface area contributed by atoms with Crippen LogP contribution in [0.25, 0.3) is 21.1 Å². The van der Waals surface area contributed by atoms with Crippen molar-refractivity contribution in [1.82, 2.24) is 30.2 Å². The smallest absolute Gasteiger partial charge is 0.335 e. The highest BCUT2D eigenvalue weighted by Gasteiger charge is 2.20. The second kappa shape index (κ2) is 11.4. The van der Waals surface area contributed by atoms with E-state index in [-0.39, 0.29) is 5.56 Å². The van der Waals surface area contributed by atoms with Crippen molar-refractivity contribution in [3.63, 3.8) is 0 Å². The van der Waals surface area contributed by atoms with Crippen molar-refractivity contribution in [3.8, 4) is 0 Å². The molecule has 0 spiro atoms. The van der Waals surface area contributed by atoms with Gasteiger partial charge >= 0.3 is 5.97 Å². The van der Waals surface area contributed by atoms with Crippen molar-refractivity contribution in [3.05, 3.63) is 104 Å². The van der Waals surface area contributed by atoms with Crippen LogP contribution in [0.3, 0.4) is 0 Å². The number of aromatic nitrogens is 6. The van der Waals surface area contributed by atoms with E-state index >= 15 is 0 Å². The third-order valence-corrected chi connectivity index (χ3v) is 8.61. The minimum Gasteiger partial charge on any atom is -0.478 e. The number of nitrogens with zero attached hydrogens (tertiary/aromatic N) is 5. The lowest BCUT2D eigenvalue weighted by Crippen LogP contribution is -2.09. The summed E-state index contributed by atoms with van der Waals surface area (Å²) in [5.74, 6) is -0.319. The van der Waals surface area contributed by atoms with Gasteiger partial charge < -0.3 is 9.67 Å².